The molecule has 0 radical (unpaired) electrons. The third-order valence-electron chi connectivity index (χ3n) is 2.77. The molecule has 1 aromatic heterocycles. The Bertz CT molecular complexity index is 553. The lowest BCUT2D eigenvalue weighted by atomic mass is 10.1. The zero-order valence-electron chi connectivity index (χ0n) is 11.0. The van der Waals surface area contributed by atoms with E-state index in [9.17, 15) is 0 Å². The van der Waals surface area contributed by atoms with E-state index >= 15 is 0 Å². The number of allylic oxidation sites excluding steroid dienone is 2. The SMILES string of the molecule is C=C/C=c1/c(/C=C\C)c(C=C)n(C)/c1=C/CC. The van der Waals surface area contributed by atoms with Crippen LogP contribution in [-0.4, -0.2) is 4.57 Å². The van der Waals surface area contributed by atoms with Crippen LogP contribution in [0.4, 0.5) is 0 Å². The smallest absolute Gasteiger partial charge is 0.0482 e. The molecule has 1 nitrogen and oxygen atoms in total. The minimum atomic E-state index is 1.02. The second-order valence-corrected chi connectivity index (χ2v) is 3.88. The summed E-state index contributed by atoms with van der Waals surface area (Å²) >= 11 is 0. The van der Waals surface area contributed by atoms with Gasteiger partial charge in [0, 0.05) is 28.9 Å². The van der Waals surface area contributed by atoms with Gasteiger partial charge in [-0.1, -0.05) is 50.5 Å². The van der Waals surface area contributed by atoms with Gasteiger partial charge in [-0.15, -0.1) is 0 Å². The molecular weight excluding hydrogens is 206 g/mol. The predicted octanol–water partition coefficient (Wildman–Crippen LogP) is 2.86. The topological polar surface area (TPSA) is 4.93 Å². The first-order valence-corrected chi connectivity index (χ1v) is 5.97. The van der Waals surface area contributed by atoms with Crippen molar-refractivity contribution in [2.45, 2.75) is 20.3 Å². The van der Waals surface area contributed by atoms with E-state index in [0.29, 0.717) is 0 Å². The summed E-state index contributed by atoms with van der Waals surface area (Å²) in [5, 5.41) is 2.45. The van der Waals surface area contributed by atoms with Gasteiger partial charge in [0.15, 0.2) is 0 Å². The van der Waals surface area contributed by atoms with Crippen molar-refractivity contribution in [1.82, 2.24) is 4.57 Å². The number of rotatable bonds is 4. The zero-order chi connectivity index (χ0) is 12.8. The van der Waals surface area contributed by atoms with Crippen molar-refractivity contribution in [1.29, 1.82) is 0 Å². The number of nitrogens with zero attached hydrogens (tertiary/aromatic N) is 1. The Labute approximate surface area is 104 Å². The number of aromatic nitrogens is 1. The maximum Gasteiger partial charge on any atom is 0.0482 e. The molecule has 0 spiro atoms. The van der Waals surface area contributed by atoms with Crippen molar-refractivity contribution >= 4 is 24.3 Å². The molecule has 1 aromatic rings. The largest absolute Gasteiger partial charge is 0.344 e. The predicted molar refractivity (Wildman–Crippen MR) is 78.9 cm³/mol. The lowest BCUT2D eigenvalue weighted by Gasteiger charge is -1.98. The fourth-order valence-electron chi connectivity index (χ4n) is 2.09. The van der Waals surface area contributed by atoms with Gasteiger partial charge in [0.05, 0.1) is 0 Å². The van der Waals surface area contributed by atoms with Gasteiger partial charge in [-0.05, 0) is 19.4 Å². The minimum Gasteiger partial charge on any atom is -0.344 e. The van der Waals surface area contributed by atoms with Crippen LogP contribution in [0.3, 0.4) is 0 Å². The van der Waals surface area contributed by atoms with E-state index in [1.165, 1.54) is 16.1 Å². The standard InChI is InChI=1S/C16H21N/c1-6-10-13-14(11-7-2)16(12-8-3)17(5)15(13)9-4/h6-7,9-12H,2,4,8H2,1,3,5H3/b10-6-,14-11-,16-12+. The minimum absolute atomic E-state index is 1.02. The Morgan fingerprint density at radius 2 is 2.00 bits per heavy atom. The quantitative estimate of drug-likeness (QED) is 0.745. The van der Waals surface area contributed by atoms with E-state index in [2.05, 4.69) is 56.0 Å². The van der Waals surface area contributed by atoms with Crippen molar-refractivity contribution in [2.24, 2.45) is 7.05 Å². The van der Waals surface area contributed by atoms with Crippen molar-refractivity contribution < 1.29 is 0 Å². The molecule has 0 aliphatic heterocycles. The van der Waals surface area contributed by atoms with Crippen LogP contribution in [0.2, 0.25) is 0 Å². The molecule has 90 valence electrons. The molecule has 0 aliphatic rings. The monoisotopic (exact) mass is 227 g/mol. The first-order chi connectivity index (χ1) is 8.21. The summed E-state index contributed by atoms with van der Waals surface area (Å²) < 4.78 is 2.18. The molecule has 0 atom stereocenters. The highest BCUT2D eigenvalue weighted by Gasteiger charge is 2.06. The van der Waals surface area contributed by atoms with E-state index in [4.69, 9.17) is 0 Å². The summed E-state index contributed by atoms with van der Waals surface area (Å²) in [5.41, 5.74) is 2.36. The summed E-state index contributed by atoms with van der Waals surface area (Å²) in [6.45, 7) is 11.9. The van der Waals surface area contributed by atoms with Crippen LogP contribution >= 0.6 is 0 Å². The lowest BCUT2D eigenvalue weighted by Crippen LogP contribution is -2.28. The third kappa shape index (κ3) is 2.50. The van der Waals surface area contributed by atoms with Crippen LogP contribution < -0.4 is 10.6 Å². The Morgan fingerprint density at radius 1 is 1.29 bits per heavy atom. The van der Waals surface area contributed by atoms with Crippen LogP contribution in [0, 0.1) is 0 Å². The number of hydrogen-bond donors (Lipinski definition) is 0. The van der Waals surface area contributed by atoms with Crippen molar-refractivity contribution in [3.05, 3.63) is 47.1 Å². The maximum atomic E-state index is 3.90. The third-order valence-corrected chi connectivity index (χ3v) is 2.77. The van der Waals surface area contributed by atoms with Gasteiger partial charge in [-0.25, -0.2) is 0 Å². The van der Waals surface area contributed by atoms with Crippen molar-refractivity contribution in [2.75, 3.05) is 0 Å². The van der Waals surface area contributed by atoms with Crippen LogP contribution in [0.15, 0.2) is 25.3 Å². The molecule has 0 aromatic carbocycles. The molecule has 0 bridgehead atoms. The Kier molecular flexibility index (Phi) is 4.77. The van der Waals surface area contributed by atoms with Crippen molar-refractivity contribution in [3.63, 3.8) is 0 Å². The van der Waals surface area contributed by atoms with Crippen LogP contribution in [0.5, 0.6) is 0 Å². The van der Waals surface area contributed by atoms with E-state index in [-0.39, 0.29) is 0 Å². The van der Waals surface area contributed by atoms with Gasteiger partial charge in [0.2, 0.25) is 0 Å². The summed E-state index contributed by atoms with van der Waals surface area (Å²) in [7, 11) is 2.08. The van der Waals surface area contributed by atoms with Gasteiger partial charge in [0.1, 0.15) is 0 Å². The second-order valence-electron chi connectivity index (χ2n) is 3.88. The second kappa shape index (κ2) is 6.09. The summed E-state index contributed by atoms with van der Waals surface area (Å²) in [6, 6.07) is 0. The molecule has 0 aliphatic carbocycles. The molecule has 0 unspecified atom stereocenters. The van der Waals surface area contributed by atoms with Gasteiger partial charge in [0.25, 0.3) is 0 Å². The molecule has 0 saturated heterocycles. The Morgan fingerprint density at radius 3 is 2.47 bits per heavy atom. The molecule has 1 rings (SSSR count). The molecule has 0 fully saturated rings. The highest BCUT2D eigenvalue weighted by atomic mass is 14.9. The average Bonchev–Trinajstić information content (AvgIpc) is 2.55. The normalized spacial score (nSPS) is 13.6. The van der Waals surface area contributed by atoms with Crippen LogP contribution in [0.25, 0.3) is 24.3 Å². The first-order valence-electron chi connectivity index (χ1n) is 5.97. The average molecular weight is 227 g/mol. The Balaban J connectivity index is 3.86. The van der Waals surface area contributed by atoms with Gasteiger partial charge in [-0.2, -0.15) is 0 Å². The Hall–Kier alpha value is -1.76. The summed E-state index contributed by atoms with van der Waals surface area (Å²) in [4.78, 5) is 0. The van der Waals surface area contributed by atoms with Crippen LogP contribution in [0.1, 0.15) is 31.5 Å². The lowest BCUT2D eigenvalue weighted by molar-refractivity contribution is 0.873. The molecule has 0 N–H and O–H groups in total. The molecule has 0 saturated carbocycles. The molecule has 1 heterocycles. The number of hydrogen-bond acceptors (Lipinski definition) is 0. The highest BCUT2D eigenvalue weighted by Crippen LogP contribution is 2.06. The maximum absolute atomic E-state index is 3.90. The van der Waals surface area contributed by atoms with E-state index in [1.54, 1.807) is 0 Å². The summed E-state index contributed by atoms with van der Waals surface area (Å²) in [6.07, 6.45) is 13.2. The van der Waals surface area contributed by atoms with Gasteiger partial charge >= 0.3 is 0 Å². The fourth-order valence-corrected chi connectivity index (χ4v) is 2.09. The molecule has 0 amide bonds. The molecule has 17 heavy (non-hydrogen) atoms. The summed E-state index contributed by atoms with van der Waals surface area (Å²) in [5.74, 6) is 0. The zero-order valence-corrected chi connectivity index (χ0v) is 11.0. The van der Waals surface area contributed by atoms with Crippen LogP contribution in [-0.2, 0) is 7.05 Å². The van der Waals surface area contributed by atoms with E-state index < -0.39 is 0 Å². The fraction of sp³-hybridized carbons (Fsp3) is 0.250. The van der Waals surface area contributed by atoms with Crippen molar-refractivity contribution in [3.8, 4) is 0 Å². The highest BCUT2D eigenvalue weighted by molar-refractivity contribution is 5.65. The first kappa shape index (κ1) is 13.3. The molecular formula is C16H21N. The van der Waals surface area contributed by atoms with E-state index in [0.717, 1.165) is 12.1 Å². The van der Waals surface area contributed by atoms with Gasteiger partial charge < -0.3 is 4.57 Å². The molecule has 1 heteroatoms. The van der Waals surface area contributed by atoms with E-state index in [1.807, 2.05) is 19.1 Å². The van der Waals surface area contributed by atoms with Gasteiger partial charge in [-0.3, -0.25) is 0 Å².